The van der Waals surface area contributed by atoms with Gasteiger partial charge in [-0.15, -0.1) is 0 Å². The molecule has 126 valence electrons. The van der Waals surface area contributed by atoms with Crippen LogP contribution in [0.5, 0.6) is 0 Å². The summed E-state index contributed by atoms with van der Waals surface area (Å²) in [5.74, 6) is 0. The Hall–Kier alpha value is -1.56. The highest BCUT2D eigenvalue weighted by molar-refractivity contribution is 7.99. The Morgan fingerprint density at radius 1 is 1.21 bits per heavy atom. The van der Waals surface area contributed by atoms with Gasteiger partial charge in [0.2, 0.25) is 0 Å². The molecule has 1 unspecified atom stereocenters. The number of hydrogen-bond acceptors (Lipinski definition) is 4. The van der Waals surface area contributed by atoms with Crippen LogP contribution in [-0.4, -0.2) is 36.1 Å². The lowest BCUT2D eigenvalue weighted by molar-refractivity contribution is 0.332. The fraction of sp³-hybridized carbons (Fsp3) is 0.316. The molecule has 0 bridgehead atoms. The van der Waals surface area contributed by atoms with E-state index in [1.807, 2.05) is 17.8 Å². The molecule has 5 heteroatoms. The first-order chi connectivity index (χ1) is 11.5. The number of fused-ring (bicyclic) bond motifs is 2. The zero-order valence-electron chi connectivity index (χ0n) is 14.3. The lowest BCUT2D eigenvalue weighted by Crippen LogP contribution is -2.39. The smallest absolute Gasteiger partial charge is 0.104 e. The number of likely N-dealkylation sites (N-methyl/N-ethyl adjacent to an activating group) is 1. The van der Waals surface area contributed by atoms with Crippen LogP contribution < -0.4 is 10.6 Å². The van der Waals surface area contributed by atoms with E-state index in [1.54, 1.807) is 0 Å². The van der Waals surface area contributed by atoms with Gasteiger partial charge >= 0.3 is 0 Å². The van der Waals surface area contributed by atoms with Crippen LogP contribution in [0.15, 0.2) is 52.3 Å². The highest BCUT2D eigenvalue weighted by Gasteiger charge is 2.27. The molecule has 0 spiro atoms. The summed E-state index contributed by atoms with van der Waals surface area (Å²) >= 11 is 6.99. The summed E-state index contributed by atoms with van der Waals surface area (Å²) < 4.78 is 0. The highest BCUT2D eigenvalue weighted by Crippen LogP contribution is 2.49. The minimum Gasteiger partial charge on any atom is -0.389 e. The molecule has 0 aliphatic carbocycles. The molecule has 3 rings (SSSR count). The van der Waals surface area contributed by atoms with Gasteiger partial charge in [-0.25, -0.2) is 0 Å². The second-order valence-electron chi connectivity index (χ2n) is 6.19. The van der Waals surface area contributed by atoms with Crippen LogP contribution in [0.4, 0.5) is 11.4 Å². The maximum Gasteiger partial charge on any atom is 0.104 e. The van der Waals surface area contributed by atoms with Crippen molar-refractivity contribution in [1.82, 2.24) is 4.90 Å². The van der Waals surface area contributed by atoms with Crippen molar-refractivity contribution in [3.05, 3.63) is 48.0 Å². The molecule has 0 amide bonds. The Labute approximate surface area is 153 Å². The summed E-state index contributed by atoms with van der Waals surface area (Å²) in [5, 5.41) is 0. The number of rotatable bonds is 5. The molecule has 0 saturated carbocycles. The quantitative estimate of drug-likeness (QED) is 0.808. The minimum absolute atomic E-state index is 0.345. The molecule has 1 atom stereocenters. The zero-order valence-corrected chi connectivity index (χ0v) is 16.0. The summed E-state index contributed by atoms with van der Waals surface area (Å²) in [6.45, 7) is 6.49. The largest absolute Gasteiger partial charge is 0.389 e. The van der Waals surface area contributed by atoms with Crippen LogP contribution in [0.25, 0.3) is 0 Å². The molecule has 0 fully saturated rings. The molecule has 2 aromatic rings. The van der Waals surface area contributed by atoms with Crippen molar-refractivity contribution in [3.8, 4) is 0 Å². The van der Waals surface area contributed by atoms with Gasteiger partial charge < -0.3 is 15.5 Å². The normalized spacial score (nSPS) is 14.2. The van der Waals surface area contributed by atoms with E-state index in [9.17, 15) is 0 Å². The third-order valence-corrected chi connectivity index (χ3v) is 5.77. The van der Waals surface area contributed by atoms with E-state index in [4.69, 9.17) is 18.0 Å². The zero-order chi connectivity index (χ0) is 17.3. The van der Waals surface area contributed by atoms with Gasteiger partial charge in [-0.2, -0.15) is 0 Å². The fourth-order valence-electron chi connectivity index (χ4n) is 3.07. The van der Waals surface area contributed by atoms with Crippen molar-refractivity contribution >= 4 is 40.3 Å². The standard InChI is InChI=1S/C19H23N3S2/c1-4-21(3)12-13(2)22-15-7-5-6-8-17(15)24-18-10-9-14(19(20)23)11-16(18)22/h5-11,13H,4,12H2,1-3H3,(H2,20,23). The average Bonchev–Trinajstić information content (AvgIpc) is 2.58. The predicted octanol–water partition coefficient (Wildman–Crippen LogP) is 4.26. The van der Waals surface area contributed by atoms with E-state index < -0.39 is 0 Å². The van der Waals surface area contributed by atoms with Crippen LogP contribution in [0.1, 0.15) is 19.4 Å². The molecule has 0 aromatic heterocycles. The summed E-state index contributed by atoms with van der Waals surface area (Å²) in [6.07, 6.45) is 0. The van der Waals surface area contributed by atoms with E-state index in [2.05, 4.69) is 67.1 Å². The first kappa shape index (κ1) is 17.3. The molecule has 1 heterocycles. The fourth-order valence-corrected chi connectivity index (χ4v) is 4.25. The summed E-state index contributed by atoms with van der Waals surface area (Å²) in [6, 6.07) is 15.2. The van der Waals surface area contributed by atoms with Crippen molar-refractivity contribution in [2.24, 2.45) is 5.73 Å². The number of thiocarbonyl (C=S) groups is 1. The molecule has 0 radical (unpaired) electrons. The lowest BCUT2D eigenvalue weighted by Gasteiger charge is -2.38. The van der Waals surface area contributed by atoms with E-state index in [0.717, 1.165) is 18.7 Å². The topological polar surface area (TPSA) is 32.5 Å². The van der Waals surface area contributed by atoms with Crippen molar-refractivity contribution < 1.29 is 0 Å². The number of hydrogen-bond donors (Lipinski definition) is 1. The number of nitrogens with zero attached hydrogens (tertiary/aromatic N) is 2. The van der Waals surface area contributed by atoms with Gasteiger partial charge in [-0.1, -0.05) is 49.1 Å². The van der Waals surface area contributed by atoms with Gasteiger partial charge in [-0.3, -0.25) is 0 Å². The summed E-state index contributed by atoms with van der Waals surface area (Å²) in [4.78, 5) is 7.75. The van der Waals surface area contributed by atoms with E-state index >= 15 is 0 Å². The second-order valence-corrected chi connectivity index (χ2v) is 7.71. The molecule has 3 nitrogen and oxygen atoms in total. The van der Waals surface area contributed by atoms with Crippen molar-refractivity contribution in [3.63, 3.8) is 0 Å². The van der Waals surface area contributed by atoms with E-state index in [0.29, 0.717) is 11.0 Å². The first-order valence-electron chi connectivity index (χ1n) is 8.19. The van der Waals surface area contributed by atoms with Gasteiger partial charge in [0.25, 0.3) is 0 Å². The maximum atomic E-state index is 5.86. The highest BCUT2D eigenvalue weighted by atomic mass is 32.2. The van der Waals surface area contributed by atoms with Crippen molar-refractivity contribution in [2.75, 3.05) is 25.0 Å². The lowest BCUT2D eigenvalue weighted by atomic mass is 10.1. The third-order valence-electron chi connectivity index (χ3n) is 4.40. The first-order valence-corrected chi connectivity index (χ1v) is 9.42. The molecular formula is C19H23N3S2. The molecule has 0 saturated heterocycles. The molecule has 1 aliphatic rings. The van der Waals surface area contributed by atoms with Gasteiger partial charge in [0.1, 0.15) is 4.99 Å². The monoisotopic (exact) mass is 357 g/mol. The van der Waals surface area contributed by atoms with Gasteiger partial charge in [0, 0.05) is 27.9 Å². The van der Waals surface area contributed by atoms with Gasteiger partial charge in [-0.05, 0) is 44.8 Å². The third kappa shape index (κ3) is 3.29. The van der Waals surface area contributed by atoms with Crippen LogP contribution in [-0.2, 0) is 0 Å². The number of benzene rings is 2. The Kier molecular flexibility index (Phi) is 5.13. The van der Waals surface area contributed by atoms with Gasteiger partial charge in [0.15, 0.2) is 0 Å². The SMILES string of the molecule is CCN(C)CC(C)N1c2ccccc2Sc2ccc(C(N)=S)cc21. The number of para-hydroxylation sites is 1. The molecular weight excluding hydrogens is 334 g/mol. The Bertz CT molecular complexity index is 760. The predicted molar refractivity (Wildman–Crippen MR) is 108 cm³/mol. The van der Waals surface area contributed by atoms with Crippen LogP contribution in [0.3, 0.4) is 0 Å². The number of anilines is 2. The second kappa shape index (κ2) is 7.13. The summed E-state index contributed by atoms with van der Waals surface area (Å²) in [7, 11) is 2.16. The van der Waals surface area contributed by atoms with E-state index in [-0.39, 0.29) is 0 Å². The van der Waals surface area contributed by atoms with E-state index in [1.165, 1.54) is 21.2 Å². The molecule has 2 N–H and O–H groups in total. The van der Waals surface area contributed by atoms with Crippen molar-refractivity contribution in [1.29, 1.82) is 0 Å². The van der Waals surface area contributed by atoms with Crippen LogP contribution in [0, 0.1) is 0 Å². The van der Waals surface area contributed by atoms with Crippen LogP contribution in [0.2, 0.25) is 0 Å². The summed E-state index contributed by atoms with van der Waals surface area (Å²) in [5.41, 5.74) is 9.24. The number of nitrogens with two attached hydrogens (primary N) is 1. The molecule has 1 aliphatic heterocycles. The minimum atomic E-state index is 0.345. The van der Waals surface area contributed by atoms with Gasteiger partial charge in [0.05, 0.1) is 11.4 Å². The Balaban J connectivity index is 2.08. The Morgan fingerprint density at radius 3 is 2.62 bits per heavy atom. The van der Waals surface area contributed by atoms with Crippen molar-refractivity contribution in [2.45, 2.75) is 29.7 Å². The molecule has 24 heavy (non-hydrogen) atoms. The molecule has 2 aromatic carbocycles. The average molecular weight is 358 g/mol. The van der Waals surface area contributed by atoms with Crippen LogP contribution >= 0.6 is 24.0 Å². The maximum absolute atomic E-state index is 5.86. The Morgan fingerprint density at radius 2 is 1.92 bits per heavy atom.